The molecule has 1 aromatic heterocycles. The van der Waals surface area contributed by atoms with Gasteiger partial charge in [-0.25, -0.2) is 4.98 Å². The van der Waals surface area contributed by atoms with Gasteiger partial charge in [-0.15, -0.1) is 11.3 Å². The highest BCUT2D eigenvalue weighted by Crippen LogP contribution is 2.41. The Hall–Kier alpha value is -1.19. The van der Waals surface area contributed by atoms with Crippen LogP contribution in [0.4, 0.5) is 0 Å². The van der Waals surface area contributed by atoms with Crippen LogP contribution in [0.1, 0.15) is 49.9 Å². The molecule has 1 saturated carbocycles. The smallest absolute Gasteiger partial charge is 0.123 e. The van der Waals surface area contributed by atoms with Gasteiger partial charge < -0.3 is 5.32 Å². The minimum Gasteiger partial charge on any atom is -0.309 e. The van der Waals surface area contributed by atoms with Gasteiger partial charge in [-0.3, -0.25) is 0 Å². The van der Waals surface area contributed by atoms with Crippen LogP contribution in [0.15, 0.2) is 29.6 Å². The van der Waals surface area contributed by atoms with Gasteiger partial charge in [-0.1, -0.05) is 25.1 Å². The van der Waals surface area contributed by atoms with E-state index in [-0.39, 0.29) is 0 Å². The summed E-state index contributed by atoms with van der Waals surface area (Å²) in [5, 5.41) is 6.72. The highest BCUT2D eigenvalue weighted by molar-refractivity contribution is 7.13. The topological polar surface area (TPSA) is 24.9 Å². The van der Waals surface area contributed by atoms with Gasteiger partial charge in [-0.05, 0) is 43.9 Å². The summed E-state index contributed by atoms with van der Waals surface area (Å²) in [5.74, 6) is 0.806. The maximum absolute atomic E-state index is 4.78. The number of rotatable bonds is 5. The minimum atomic E-state index is 0.335. The molecule has 1 heterocycles. The Morgan fingerprint density at radius 2 is 2.26 bits per heavy atom. The highest BCUT2D eigenvalue weighted by Gasteiger charge is 2.23. The first-order valence-electron chi connectivity index (χ1n) is 7.07. The summed E-state index contributed by atoms with van der Waals surface area (Å²) < 4.78 is 0. The predicted molar refractivity (Wildman–Crippen MR) is 81.6 cm³/mol. The third-order valence-corrected chi connectivity index (χ3v) is 4.57. The van der Waals surface area contributed by atoms with Gasteiger partial charge in [0.1, 0.15) is 5.01 Å². The summed E-state index contributed by atoms with van der Waals surface area (Å²) in [6, 6.07) is 9.24. The second-order valence-corrected chi connectivity index (χ2v) is 6.11. The molecule has 1 unspecified atom stereocenters. The molecule has 0 spiro atoms. The predicted octanol–water partition coefficient (Wildman–Crippen LogP) is 4.36. The van der Waals surface area contributed by atoms with Crippen molar-refractivity contribution in [2.45, 2.75) is 38.6 Å². The fraction of sp³-hybridized carbons (Fsp3) is 0.438. The molecular weight excluding hydrogens is 252 g/mol. The monoisotopic (exact) mass is 272 g/mol. The first kappa shape index (κ1) is 12.8. The summed E-state index contributed by atoms with van der Waals surface area (Å²) in [7, 11) is 0. The van der Waals surface area contributed by atoms with E-state index in [1.165, 1.54) is 24.0 Å². The van der Waals surface area contributed by atoms with Crippen molar-refractivity contribution in [2.24, 2.45) is 0 Å². The van der Waals surface area contributed by atoms with Crippen LogP contribution in [-0.2, 0) is 0 Å². The van der Waals surface area contributed by atoms with Gasteiger partial charge in [0.05, 0.1) is 5.69 Å². The Kier molecular flexibility index (Phi) is 3.67. The van der Waals surface area contributed by atoms with Crippen LogP contribution >= 0.6 is 11.3 Å². The van der Waals surface area contributed by atoms with E-state index >= 15 is 0 Å². The zero-order valence-electron chi connectivity index (χ0n) is 11.5. The number of nitrogens with zero attached hydrogens (tertiary/aromatic N) is 1. The van der Waals surface area contributed by atoms with Crippen molar-refractivity contribution in [3.05, 3.63) is 40.9 Å². The number of benzene rings is 1. The summed E-state index contributed by atoms with van der Waals surface area (Å²) in [6.45, 7) is 5.27. The number of thiazole rings is 1. The molecule has 3 rings (SSSR count). The SMILES string of the molecule is CCNC(C)c1csc(-c2cccc(C3CC3)c2)n1. The van der Waals surface area contributed by atoms with E-state index in [2.05, 4.69) is 48.8 Å². The minimum absolute atomic E-state index is 0.335. The van der Waals surface area contributed by atoms with Gasteiger partial charge in [0, 0.05) is 17.0 Å². The molecule has 100 valence electrons. The van der Waals surface area contributed by atoms with Crippen LogP contribution in [-0.4, -0.2) is 11.5 Å². The molecule has 2 nitrogen and oxygen atoms in total. The van der Waals surface area contributed by atoms with E-state index in [4.69, 9.17) is 4.98 Å². The van der Waals surface area contributed by atoms with Crippen molar-refractivity contribution in [3.63, 3.8) is 0 Å². The number of aromatic nitrogens is 1. The summed E-state index contributed by atoms with van der Waals surface area (Å²) in [6.07, 6.45) is 2.70. The molecule has 0 radical (unpaired) electrons. The lowest BCUT2D eigenvalue weighted by molar-refractivity contribution is 0.587. The molecule has 1 fully saturated rings. The molecule has 1 atom stereocenters. The van der Waals surface area contributed by atoms with Crippen molar-refractivity contribution in [1.29, 1.82) is 0 Å². The standard InChI is InChI=1S/C16H20N2S/c1-3-17-11(2)15-10-19-16(18-15)14-6-4-5-13(9-14)12-7-8-12/h4-6,9-12,17H,3,7-8H2,1-2H3. The maximum Gasteiger partial charge on any atom is 0.123 e. The lowest BCUT2D eigenvalue weighted by Gasteiger charge is -2.08. The van der Waals surface area contributed by atoms with Gasteiger partial charge in [0.2, 0.25) is 0 Å². The quantitative estimate of drug-likeness (QED) is 0.875. The largest absolute Gasteiger partial charge is 0.309 e. The van der Waals surface area contributed by atoms with Crippen LogP contribution in [0.5, 0.6) is 0 Å². The second-order valence-electron chi connectivity index (χ2n) is 5.26. The fourth-order valence-electron chi connectivity index (χ4n) is 2.37. The third-order valence-electron chi connectivity index (χ3n) is 3.66. The van der Waals surface area contributed by atoms with E-state index in [9.17, 15) is 0 Å². The molecule has 1 aliphatic carbocycles. The summed E-state index contributed by atoms with van der Waals surface area (Å²) in [4.78, 5) is 4.78. The van der Waals surface area contributed by atoms with E-state index in [0.717, 1.165) is 23.2 Å². The Balaban J connectivity index is 1.83. The van der Waals surface area contributed by atoms with E-state index in [1.807, 2.05) is 0 Å². The maximum atomic E-state index is 4.78. The molecule has 3 heteroatoms. The van der Waals surface area contributed by atoms with Crippen LogP contribution in [0.3, 0.4) is 0 Å². The normalized spacial score (nSPS) is 16.5. The number of hydrogen-bond acceptors (Lipinski definition) is 3. The molecule has 1 N–H and O–H groups in total. The van der Waals surface area contributed by atoms with Crippen LogP contribution in [0, 0.1) is 0 Å². The molecule has 2 aromatic rings. The molecule has 0 saturated heterocycles. The Morgan fingerprint density at radius 3 is 3.00 bits per heavy atom. The Morgan fingerprint density at radius 1 is 1.42 bits per heavy atom. The number of hydrogen-bond donors (Lipinski definition) is 1. The van der Waals surface area contributed by atoms with Crippen molar-refractivity contribution in [2.75, 3.05) is 6.54 Å². The van der Waals surface area contributed by atoms with E-state index < -0.39 is 0 Å². The molecule has 1 aliphatic rings. The number of nitrogens with one attached hydrogen (secondary N) is 1. The van der Waals surface area contributed by atoms with Gasteiger partial charge >= 0.3 is 0 Å². The molecule has 1 aromatic carbocycles. The van der Waals surface area contributed by atoms with Crippen molar-refractivity contribution in [3.8, 4) is 10.6 Å². The van der Waals surface area contributed by atoms with Crippen molar-refractivity contribution in [1.82, 2.24) is 10.3 Å². The van der Waals surface area contributed by atoms with Gasteiger partial charge in [-0.2, -0.15) is 0 Å². The zero-order chi connectivity index (χ0) is 13.2. The Bertz CT molecular complexity index is 557. The average molecular weight is 272 g/mol. The summed E-state index contributed by atoms with van der Waals surface area (Å²) >= 11 is 1.75. The molecule has 0 bridgehead atoms. The molecule has 0 amide bonds. The molecular formula is C16H20N2S. The second kappa shape index (κ2) is 5.43. The van der Waals surface area contributed by atoms with Crippen molar-refractivity contribution >= 4 is 11.3 Å². The first-order chi connectivity index (χ1) is 9.28. The van der Waals surface area contributed by atoms with Crippen LogP contribution < -0.4 is 5.32 Å². The average Bonchev–Trinajstić information content (AvgIpc) is 3.16. The summed E-state index contributed by atoms with van der Waals surface area (Å²) in [5.41, 5.74) is 3.90. The Labute approximate surface area is 118 Å². The zero-order valence-corrected chi connectivity index (χ0v) is 12.3. The van der Waals surface area contributed by atoms with E-state index in [1.54, 1.807) is 11.3 Å². The van der Waals surface area contributed by atoms with Crippen LogP contribution in [0.2, 0.25) is 0 Å². The lowest BCUT2D eigenvalue weighted by atomic mass is 10.1. The fourth-order valence-corrected chi connectivity index (χ4v) is 3.28. The highest BCUT2D eigenvalue weighted by atomic mass is 32.1. The van der Waals surface area contributed by atoms with E-state index in [0.29, 0.717) is 6.04 Å². The molecule has 19 heavy (non-hydrogen) atoms. The van der Waals surface area contributed by atoms with Gasteiger partial charge in [0.25, 0.3) is 0 Å². The third kappa shape index (κ3) is 2.88. The first-order valence-corrected chi connectivity index (χ1v) is 7.95. The lowest BCUT2D eigenvalue weighted by Crippen LogP contribution is -2.17. The molecule has 0 aliphatic heterocycles. The van der Waals surface area contributed by atoms with Gasteiger partial charge in [0.15, 0.2) is 0 Å². The van der Waals surface area contributed by atoms with Crippen molar-refractivity contribution < 1.29 is 0 Å². The van der Waals surface area contributed by atoms with Crippen LogP contribution in [0.25, 0.3) is 10.6 Å².